The van der Waals surface area contributed by atoms with Gasteiger partial charge in [0.05, 0.1) is 0 Å². The van der Waals surface area contributed by atoms with Gasteiger partial charge in [-0.05, 0) is 13.0 Å². The van der Waals surface area contributed by atoms with Crippen LogP contribution in [0.25, 0.3) is 0 Å². The van der Waals surface area contributed by atoms with Gasteiger partial charge in [-0.1, -0.05) is 0 Å². The Hall–Kier alpha value is -1.14. The van der Waals surface area contributed by atoms with Crippen molar-refractivity contribution in [3.63, 3.8) is 0 Å². The van der Waals surface area contributed by atoms with Gasteiger partial charge in [0.1, 0.15) is 0 Å². The molecule has 2 amide bonds. The largest absolute Gasteiger partial charge is 0.333 e. The molecule has 0 aliphatic carbocycles. The van der Waals surface area contributed by atoms with Crippen LogP contribution in [-0.2, 0) is 9.59 Å². The van der Waals surface area contributed by atoms with Crippen molar-refractivity contribution in [3.8, 4) is 0 Å². The van der Waals surface area contributed by atoms with E-state index in [4.69, 9.17) is 0 Å². The molecule has 2 heterocycles. The summed E-state index contributed by atoms with van der Waals surface area (Å²) in [6, 6.07) is 0. The van der Waals surface area contributed by atoms with E-state index >= 15 is 0 Å². The Kier molecular flexibility index (Phi) is 4.33. The molecule has 0 aromatic rings. The van der Waals surface area contributed by atoms with Crippen LogP contribution in [0.1, 0.15) is 6.42 Å². The molecule has 2 fully saturated rings. The van der Waals surface area contributed by atoms with Gasteiger partial charge in [-0.15, -0.1) is 0 Å². The average Bonchev–Trinajstić information content (AvgIpc) is 2.67. The van der Waals surface area contributed by atoms with Gasteiger partial charge in [0, 0.05) is 45.8 Å². The van der Waals surface area contributed by atoms with Crippen LogP contribution < -0.4 is 10.6 Å². The normalized spacial score (nSPS) is 22.1. The second-order valence-electron chi connectivity index (χ2n) is 4.44. The predicted octanol–water partition coefficient (Wildman–Crippen LogP) is -1.76. The van der Waals surface area contributed by atoms with Crippen molar-refractivity contribution < 1.29 is 9.59 Å². The number of piperazine rings is 1. The van der Waals surface area contributed by atoms with Crippen molar-refractivity contribution in [1.29, 1.82) is 0 Å². The summed E-state index contributed by atoms with van der Waals surface area (Å²) >= 11 is 0. The smallest absolute Gasteiger partial charge is 0.312 e. The van der Waals surface area contributed by atoms with Crippen LogP contribution in [0.3, 0.4) is 0 Å². The Bertz CT molecular complexity index is 281. The molecule has 2 saturated heterocycles. The average molecular weight is 240 g/mol. The molecule has 2 rings (SSSR count). The van der Waals surface area contributed by atoms with Crippen LogP contribution in [0.5, 0.6) is 0 Å². The van der Waals surface area contributed by atoms with Gasteiger partial charge in [0.25, 0.3) is 0 Å². The summed E-state index contributed by atoms with van der Waals surface area (Å²) in [5.74, 6) is -0.677. The van der Waals surface area contributed by atoms with E-state index in [1.54, 1.807) is 9.80 Å². The van der Waals surface area contributed by atoms with Crippen molar-refractivity contribution in [2.24, 2.45) is 0 Å². The van der Waals surface area contributed by atoms with Crippen LogP contribution in [0.2, 0.25) is 0 Å². The summed E-state index contributed by atoms with van der Waals surface area (Å²) in [4.78, 5) is 27.4. The van der Waals surface area contributed by atoms with Crippen LogP contribution >= 0.6 is 0 Å². The van der Waals surface area contributed by atoms with Crippen molar-refractivity contribution >= 4 is 11.8 Å². The highest BCUT2D eigenvalue weighted by molar-refractivity contribution is 6.34. The molecule has 0 radical (unpaired) electrons. The Morgan fingerprint density at radius 3 is 1.76 bits per heavy atom. The lowest BCUT2D eigenvalue weighted by Gasteiger charge is -2.29. The number of hydrogen-bond acceptors (Lipinski definition) is 4. The van der Waals surface area contributed by atoms with Gasteiger partial charge in [-0.25, -0.2) is 0 Å². The molecule has 17 heavy (non-hydrogen) atoms. The third kappa shape index (κ3) is 3.17. The van der Waals surface area contributed by atoms with E-state index in [1.165, 1.54) is 0 Å². The maximum Gasteiger partial charge on any atom is 0.312 e. The molecule has 6 nitrogen and oxygen atoms in total. The zero-order valence-corrected chi connectivity index (χ0v) is 10.1. The van der Waals surface area contributed by atoms with E-state index in [-0.39, 0.29) is 11.8 Å². The first-order valence-corrected chi connectivity index (χ1v) is 6.28. The molecule has 0 aromatic carbocycles. The SMILES string of the molecule is O=C(C(=O)N1CCNCC1)N1CCCNCC1. The minimum atomic E-state index is -0.339. The topological polar surface area (TPSA) is 64.7 Å². The third-order valence-corrected chi connectivity index (χ3v) is 3.21. The van der Waals surface area contributed by atoms with Crippen molar-refractivity contribution in [3.05, 3.63) is 0 Å². The van der Waals surface area contributed by atoms with Gasteiger partial charge < -0.3 is 20.4 Å². The first-order chi connectivity index (χ1) is 8.29. The van der Waals surface area contributed by atoms with Crippen LogP contribution in [0.4, 0.5) is 0 Å². The Balaban J connectivity index is 1.90. The Morgan fingerprint density at radius 1 is 0.706 bits per heavy atom. The molecule has 0 unspecified atom stereocenters. The number of nitrogens with one attached hydrogen (secondary N) is 2. The van der Waals surface area contributed by atoms with Crippen molar-refractivity contribution in [2.45, 2.75) is 6.42 Å². The highest BCUT2D eigenvalue weighted by Crippen LogP contribution is 2.01. The van der Waals surface area contributed by atoms with Gasteiger partial charge in [0.2, 0.25) is 0 Å². The number of hydrogen-bond donors (Lipinski definition) is 2. The lowest BCUT2D eigenvalue weighted by atomic mass is 10.3. The van der Waals surface area contributed by atoms with Gasteiger partial charge in [-0.2, -0.15) is 0 Å². The van der Waals surface area contributed by atoms with Gasteiger partial charge in [-0.3, -0.25) is 9.59 Å². The fraction of sp³-hybridized carbons (Fsp3) is 0.818. The second-order valence-corrected chi connectivity index (χ2v) is 4.44. The molecule has 0 saturated carbocycles. The van der Waals surface area contributed by atoms with Gasteiger partial charge >= 0.3 is 11.8 Å². The Labute approximate surface area is 101 Å². The fourth-order valence-electron chi connectivity index (χ4n) is 2.19. The molecule has 2 aliphatic rings. The number of carbonyl (C=O) groups is 2. The summed E-state index contributed by atoms with van der Waals surface area (Å²) in [7, 11) is 0. The molecule has 0 spiro atoms. The molecule has 2 aliphatic heterocycles. The maximum atomic E-state index is 12.0. The predicted molar refractivity (Wildman–Crippen MR) is 63.5 cm³/mol. The minimum Gasteiger partial charge on any atom is -0.333 e. The maximum absolute atomic E-state index is 12.0. The van der Waals surface area contributed by atoms with Crippen LogP contribution in [-0.4, -0.2) is 74.0 Å². The van der Waals surface area contributed by atoms with E-state index in [2.05, 4.69) is 10.6 Å². The first-order valence-electron chi connectivity index (χ1n) is 6.28. The monoisotopic (exact) mass is 240 g/mol. The second kappa shape index (κ2) is 5.97. The molecule has 0 bridgehead atoms. The Morgan fingerprint density at radius 2 is 1.18 bits per heavy atom. The summed E-state index contributed by atoms with van der Waals surface area (Å²) < 4.78 is 0. The molecule has 0 aromatic heterocycles. The highest BCUT2D eigenvalue weighted by Gasteiger charge is 2.27. The summed E-state index contributed by atoms with van der Waals surface area (Å²) in [6.45, 7) is 5.85. The summed E-state index contributed by atoms with van der Waals surface area (Å²) in [5, 5.41) is 6.39. The van der Waals surface area contributed by atoms with E-state index in [0.29, 0.717) is 26.2 Å². The quantitative estimate of drug-likeness (QED) is 0.492. The lowest BCUT2D eigenvalue weighted by molar-refractivity contribution is -0.152. The van der Waals surface area contributed by atoms with Crippen molar-refractivity contribution in [1.82, 2.24) is 20.4 Å². The van der Waals surface area contributed by atoms with Crippen LogP contribution in [0.15, 0.2) is 0 Å². The van der Waals surface area contributed by atoms with Gasteiger partial charge in [0.15, 0.2) is 0 Å². The number of nitrogens with zero attached hydrogens (tertiary/aromatic N) is 2. The van der Waals surface area contributed by atoms with Crippen LogP contribution in [0, 0.1) is 0 Å². The first kappa shape index (κ1) is 12.3. The minimum absolute atomic E-state index is 0.337. The molecule has 96 valence electrons. The lowest BCUT2D eigenvalue weighted by Crippen LogP contribution is -2.52. The van der Waals surface area contributed by atoms with E-state index < -0.39 is 0 Å². The highest BCUT2D eigenvalue weighted by atomic mass is 16.2. The van der Waals surface area contributed by atoms with Crippen molar-refractivity contribution in [2.75, 3.05) is 52.4 Å². The zero-order chi connectivity index (χ0) is 12.1. The molecule has 6 heteroatoms. The standard InChI is InChI=1S/C11H20N4O2/c16-10(14-6-1-2-12-3-7-14)11(17)15-8-4-13-5-9-15/h12-13H,1-9H2. The van der Waals surface area contributed by atoms with E-state index in [0.717, 1.165) is 32.6 Å². The van der Waals surface area contributed by atoms with E-state index in [1.807, 2.05) is 0 Å². The third-order valence-electron chi connectivity index (χ3n) is 3.21. The summed E-state index contributed by atoms with van der Waals surface area (Å²) in [5.41, 5.74) is 0. The fourth-order valence-corrected chi connectivity index (χ4v) is 2.19. The molecule has 0 atom stereocenters. The molecule has 2 N–H and O–H groups in total. The number of amides is 2. The molecular formula is C11H20N4O2. The van der Waals surface area contributed by atoms with E-state index in [9.17, 15) is 9.59 Å². The summed E-state index contributed by atoms with van der Waals surface area (Å²) in [6.07, 6.45) is 0.917. The number of carbonyl (C=O) groups excluding carboxylic acids is 2. The molecular weight excluding hydrogens is 220 g/mol. The zero-order valence-electron chi connectivity index (χ0n) is 10.1. The number of rotatable bonds is 0.